The second-order valence-electron chi connectivity index (χ2n) is 5.25. The number of fused-ring (bicyclic) bond motifs is 1. The molecular weight excluding hydrogens is 272 g/mol. The van der Waals surface area contributed by atoms with Gasteiger partial charge in [-0.2, -0.15) is 4.98 Å². The second kappa shape index (κ2) is 5.69. The lowest BCUT2D eigenvalue weighted by Crippen LogP contribution is -2.37. The quantitative estimate of drug-likeness (QED) is 0.672. The van der Waals surface area contributed by atoms with Gasteiger partial charge in [-0.15, -0.1) is 0 Å². The first-order valence-electron chi connectivity index (χ1n) is 7.21. The Morgan fingerprint density at radius 3 is 3.10 bits per heavy atom. The second-order valence-corrected chi connectivity index (χ2v) is 5.25. The number of hydrogen-bond acceptors (Lipinski definition) is 6. The van der Waals surface area contributed by atoms with E-state index in [4.69, 9.17) is 4.42 Å². The number of oxazole rings is 1. The van der Waals surface area contributed by atoms with Crippen LogP contribution in [0.1, 0.15) is 19.8 Å². The van der Waals surface area contributed by atoms with Gasteiger partial charge in [-0.1, -0.05) is 6.92 Å². The molecule has 1 fully saturated rings. The third kappa shape index (κ3) is 2.69. The van der Waals surface area contributed by atoms with Gasteiger partial charge >= 0.3 is 0 Å². The van der Waals surface area contributed by atoms with E-state index in [0.717, 1.165) is 32.5 Å². The van der Waals surface area contributed by atoms with Crippen molar-refractivity contribution >= 4 is 22.8 Å². The summed E-state index contributed by atoms with van der Waals surface area (Å²) in [6, 6.07) is 5.45. The highest BCUT2D eigenvalue weighted by Crippen LogP contribution is 2.27. The topological polar surface area (TPSA) is 84.4 Å². The number of hydrogen-bond donors (Lipinski definition) is 1. The summed E-state index contributed by atoms with van der Waals surface area (Å²) in [6.07, 6.45) is 2.05. The molecule has 1 aliphatic heterocycles. The van der Waals surface area contributed by atoms with E-state index < -0.39 is 4.92 Å². The normalized spacial score (nSPS) is 18.2. The molecule has 0 radical (unpaired) electrons. The lowest BCUT2D eigenvalue weighted by atomic mass is 10.2. The van der Waals surface area contributed by atoms with Crippen LogP contribution in [0, 0.1) is 10.1 Å². The SMILES string of the molecule is CCCN(c1nc2ccc([N+](=O)[O-])cc2o1)C1CCNC1. The fourth-order valence-corrected chi connectivity index (χ4v) is 2.72. The van der Waals surface area contributed by atoms with E-state index in [2.05, 4.69) is 22.1 Å². The first kappa shape index (κ1) is 13.8. The number of benzene rings is 1. The third-order valence-electron chi connectivity index (χ3n) is 3.76. The molecule has 0 spiro atoms. The Morgan fingerprint density at radius 1 is 1.57 bits per heavy atom. The van der Waals surface area contributed by atoms with Crippen LogP contribution in [0.2, 0.25) is 0 Å². The molecule has 0 saturated carbocycles. The summed E-state index contributed by atoms with van der Waals surface area (Å²) < 4.78 is 5.77. The first-order valence-corrected chi connectivity index (χ1v) is 7.21. The Kier molecular flexibility index (Phi) is 3.74. The zero-order valence-corrected chi connectivity index (χ0v) is 11.9. The van der Waals surface area contributed by atoms with Gasteiger partial charge in [0.25, 0.3) is 11.7 Å². The third-order valence-corrected chi connectivity index (χ3v) is 3.76. The molecule has 2 aromatic rings. The van der Waals surface area contributed by atoms with E-state index in [1.165, 1.54) is 12.1 Å². The molecule has 0 aliphatic carbocycles. The molecule has 1 aromatic carbocycles. The van der Waals surface area contributed by atoms with Crippen LogP contribution in [0.3, 0.4) is 0 Å². The number of non-ortho nitro benzene ring substituents is 1. The Hall–Kier alpha value is -2.15. The van der Waals surface area contributed by atoms with E-state index in [0.29, 0.717) is 23.2 Å². The Balaban J connectivity index is 1.95. The molecule has 112 valence electrons. The highest BCUT2D eigenvalue weighted by atomic mass is 16.6. The number of aromatic nitrogens is 1. The van der Waals surface area contributed by atoms with Crippen LogP contribution in [0.25, 0.3) is 11.1 Å². The molecule has 21 heavy (non-hydrogen) atoms. The number of nitrogens with zero attached hydrogens (tertiary/aromatic N) is 3. The predicted octanol–water partition coefficient (Wildman–Crippen LogP) is 2.31. The van der Waals surface area contributed by atoms with Crippen molar-refractivity contribution in [3.8, 4) is 0 Å². The molecule has 3 rings (SSSR count). The van der Waals surface area contributed by atoms with Gasteiger partial charge in [-0.05, 0) is 25.5 Å². The summed E-state index contributed by atoms with van der Waals surface area (Å²) in [5.74, 6) is 0. The van der Waals surface area contributed by atoms with Gasteiger partial charge in [0.2, 0.25) is 0 Å². The van der Waals surface area contributed by atoms with Gasteiger partial charge in [0.1, 0.15) is 5.52 Å². The van der Waals surface area contributed by atoms with Crippen LogP contribution in [0.15, 0.2) is 22.6 Å². The summed E-state index contributed by atoms with van der Waals surface area (Å²) in [4.78, 5) is 17.0. The summed E-state index contributed by atoms with van der Waals surface area (Å²) >= 11 is 0. The molecular formula is C14H18N4O3. The molecule has 2 heterocycles. The largest absolute Gasteiger partial charge is 0.423 e. The minimum absolute atomic E-state index is 0.0229. The number of anilines is 1. The van der Waals surface area contributed by atoms with Crippen molar-refractivity contribution in [3.63, 3.8) is 0 Å². The van der Waals surface area contributed by atoms with Gasteiger partial charge in [-0.25, -0.2) is 0 Å². The van der Waals surface area contributed by atoms with E-state index >= 15 is 0 Å². The average molecular weight is 290 g/mol. The van der Waals surface area contributed by atoms with Crippen molar-refractivity contribution in [2.75, 3.05) is 24.5 Å². The van der Waals surface area contributed by atoms with Gasteiger partial charge in [0.05, 0.1) is 11.0 Å². The maximum atomic E-state index is 10.8. The molecule has 7 heteroatoms. The molecule has 7 nitrogen and oxygen atoms in total. The summed E-state index contributed by atoms with van der Waals surface area (Å²) in [6.45, 7) is 4.89. The average Bonchev–Trinajstić information content (AvgIpc) is 3.12. The van der Waals surface area contributed by atoms with Crippen LogP contribution >= 0.6 is 0 Å². The monoisotopic (exact) mass is 290 g/mol. The van der Waals surface area contributed by atoms with Crippen molar-refractivity contribution in [1.29, 1.82) is 0 Å². The van der Waals surface area contributed by atoms with Crippen molar-refractivity contribution in [3.05, 3.63) is 28.3 Å². The Morgan fingerprint density at radius 2 is 2.43 bits per heavy atom. The standard InChI is InChI=1S/C14H18N4O3/c1-2-7-17(11-5-6-15-9-11)14-16-12-4-3-10(18(19)20)8-13(12)21-14/h3-4,8,11,15H,2,5-7,9H2,1H3. The number of nitro benzene ring substituents is 1. The fraction of sp³-hybridized carbons (Fsp3) is 0.500. The predicted molar refractivity (Wildman–Crippen MR) is 79.6 cm³/mol. The lowest BCUT2D eigenvalue weighted by Gasteiger charge is -2.26. The number of nitro groups is 1. The molecule has 1 N–H and O–H groups in total. The molecule has 1 atom stereocenters. The molecule has 1 aromatic heterocycles. The highest BCUT2D eigenvalue weighted by molar-refractivity contribution is 5.77. The fourth-order valence-electron chi connectivity index (χ4n) is 2.72. The van der Waals surface area contributed by atoms with Crippen molar-refractivity contribution < 1.29 is 9.34 Å². The van der Waals surface area contributed by atoms with Crippen LogP contribution in [-0.2, 0) is 0 Å². The van der Waals surface area contributed by atoms with Gasteiger partial charge in [0, 0.05) is 25.2 Å². The minimum Gasteiger partial charge on any atom is -0.423 e. The van der Waals surface area contributed by atoms with Crippen LogP contribution in [-0.4, -0.2) is 35.6 Å². The Labute approximate surface area is 122 Å². The summed E-state index contributed by atoms with van der Waals surface area (Å²) in [7, 11) is 0. The van der Waals surface area contributed by atoms with E-state index in [1.807, 2.05) is 0 Å². The number of rotatable bonds is 5. The van der Waals surface area contributed by atoms with Crippen molar-refractivity contribution in [1.82, 2.24) is 10.3 Å². The number of nitrogens with one attached hydrogen (secondary N) is 1. The summed E-state index contributed by atoms with van der Waals surface area (Å²) in [5, 5.41) is 14.2. The maximum Gasteiger partial charge on any atom is 0.298 e. The maximum absolute atomic E-state index is 10.8. The van der Waals surface area contributed by atoms with E-state index in [-0.39, 0.29) is 5.69 Å². The Bertz CT molecular complexity index is 649. The van der Waals surface area contributed by atoms with E-state index in [1.54, 1.807) is 6.07 Å². The lowest BCUT2D eigenvalue weighted by molar-refractivity contribution is -0.384. The smallest absolute Gasteiger partial charge is 0.298 e. The molecule has 0 bridgehead atoms. The highest BCUT2D eigenvalue weighted by Gasteiger charge is 2.26. The molecule has 1 saturated heterocycles. The molecule has 1 unspecified atom stereocenters. The van der Waals surface area contributed by atoms with Gasteiger partial charge in [-0.3, -0.25) is 10.1 Å². The van der Waals surface area contributed by atoms with Crippen LogP contribution < -0.4 is 10.2 Å². The molecule has 1 aliphatic rings. The first-order chi connectivity index (χ1) is 10.2. The van der Waals surface area contributed by atoms with Crippen molar-refractivity contribution in [2.24, 2.45) is 0 Å². The minimum atomic E-state index is -0.424. The van der Waals surface area contributed by atoms with Crippen LogP contribution in [0.5, 0.6) is 0 Å². The zero-order chi connectivity index (χ0) is 14.8. The summed E-state index contributed by atoms with van der Waals surface area (Å²) in [5.41, 5.74) is 1.14. The van der Waals surface area contributed by atoms with Crippen LogP contribution in [0.4, 0.5) is 11.7 Å². The van der Waals surface area contributed by atoms with Gasteiger partial charge in [0.15, 0.2) is 5.58 Å². The zero-order valence-electron chi connectivity index (χ0n) is 11.9. The van der Waals surface area contributed by atoms with E-state index in [9.17, 15) is 10.1 Å². The van der Waals surface area contributed by atoms with Crippen molar-refractivity contribution in [2.45, 2.75) is 25.8 Å². The molecule has 0 amide bonds. The van der Waals surface area contributed by atoms with Gasteiger partial charge < -0.3 is 14.6 Å².